The van der Waals surface area contributed by atoms with Crippen molar-refractivity contribution in [3.05, 3.63) is 76.7 Å². The number of imidazole rings is 1. The number of ketones is 1. The second-order valence-electron chi connectivity index (χ2n) is 7.65. The molecule has 1 aromatic heterocycles. The SMILES string of the molecule is Cc1cc(C)cc(Sc2c(C(C)C)nc(CCO)n2CC(=O)c2ccccc2)c1. The maximum Gasteiger partial charge on any atom is 0.182 e. The van der Waals surface area contributed by atoms with E-state index < -0.39 is 0 Å². The molecule has 0 saturated carbocycles. The van der Waals surface area contributed by atoms with E-state index in [9.17, 15) is 9.90 Å². The van der Waals surface area contributed by atoms with E-state index >= 15 is 0 Å². The van der Waals surface area contributed by atoms with Gasteiger partial charge in [0, 0.05) is 16.9 Å². The molecule has 29 heavy (non-hydrogen) atoms. The first kappa shape index (κ1) is 21.3. The minimum Gasteiger partial charge on any atom is -0.396 e. The molecule has 3 rings (SSSR count). The monoisotopic (exact) mass is 408 g/mol. The molecule has 0 amide bonds. The number of Topliss-reactive ketones (excluding diaryl/α,β-unsaturated/α-hetero) is 1. The Kier molecular flexibility index (Phi) is 6.93. The number of nitrogens with zero attached hydrogens (tertiary/aromatic N) is 2. The third-order valence-electron chi connectivity index (χ3n) is 4.71. The zero-order valence-corrected chi connectivity index (χ0v) is 18.3. The van der Waals surface area contributed by atoms with Crippen molar-refractivity contribution in [3.63, 3.8) is 0 Å². The second-order valence-corrected chi connectivity index (χ2v) is 8.71. The number of aliphatic hydroxyl groups excluding tert-OH is 1. The van der Waals surface area contributed by atoms with Crippen LogP contribution in [0.15, 0.2) is 58.5 Å². The standard InChI is InChI=1S/C24H28N2O2S/c1-16(2)23-24(29-20-13-17(3)12-18(4)14-20)26(22(25-23)10-11-27)15-21(28)19-8-6-5-7-9-19/h5-9,12-14,16,27H,10-11,15H2,1-4H3. The summed E-state index contributed by atoms with van der Waals surface area (Å²) in [5.74, 6) is 1.01. The Labute approximate surface area is 177 Å². The molecule has 5 heteroatoms. The molecular weight excluding hydrogens is 380 g/mol. The van der Waals surface area contributed by atoms with Gasteiger partial charge in [-0.05, 0) is 43.0 Å². The number of rotatable bonds is 8. The van der Waals surface area contributed by atoms with Gasteiger partial charge in [0.05, 0.1) is 18.8 Å². The molecule has 0 atom stereocenters. The van der Waals surface area contributed by atoms with Crippen molar-refractivity contribution in [3.8, 4) is 0 Å². The Bertz CT molecular complexity index is 973. The van der Waals surface area contributed by atoms with E-state index in [1.54, 1.807) is 11.8 Å². The highest BCUT2D eigenvalue weighted by molar-refractivity contribution is 7.99. The third kappa shape index (κ3) is 5.17. The molecule has 1 N–H and O–H groups in total. The Morgan fingerprint density at radius 1 is 1.10 bits per heavy atom. The minimum absolute atomic E-state index is 0.00172. The van der Waals surface area contributed by atoms with Crippen molar-refractivity contribution < 1.29 is 9.90 Å². The number of carbonyl (C=O) groups is 1. The molecule has 0 bridgehead atoms. The summed E-state index contributed by atoms with van der Waals surface area (Å²) in [6.45, 7) is 8.62. The van der Waals surface area contributed by atoms with Gasteiger partial charge < -0.3 is 9.67 Å². The average molecular weight is 409 g/mol. The maximum atomic E-state index is 12.9. The highest BCUT2D eigenvalue weighted by atomic mass is 32.2. The molecule has 0 unspecified atom stereocenters. The van der Waals surface area contributed by atoms with Crippen LogP contribution < -0.4 is 0 Å². The Morgan fingerprint density at radius 2 is 1.76 bits per heavy atom. The zero-order chi connectivity index (χ0) is 21.0. The fraction of sp³-hybridized carbons (Fsp3) is 0.333. The zero-order valence-electron chi connectivity index (χ0n) is 17.5. The van der Waals surface area contributed by atoms with Gasteiger partial charge >= 0.3 is 0 Å². The summed E-state index contributed by atoms with van der Waals surface area (Å²) in [7, 11) is 0. The normalized spacial score (nSPS) is 11.2. The predicted octanol–water partition coefficient (Wildman–Crippen LogP) is 5.19. The first-order chi connectivity index (χ1) is 13.9. The highest BCUT2D eigenvalue weighted by Crippen LogP contribution is 2.36. The molecule has 0 aliphatic heterocycles. The van der Waals surface area contributed by atoms with Crippen LogP contribution in [0.3, 0.4) is 0 Å². The molecular formula is C24H28N2O2S. The molecule has 4 nitrogen and oxygen atoms in total. The highest BCUT2D eigenvalue weighted by Gasteiger charge is 2.22. The van der Waals surface area contributed by atoms with Crippen LogP contribution in [-0.2, 0) is 13.0 Å². The first-order valence-electron chi connectivity index (χ1n) is 9.93. The molecule has 0 aliphatic carbocycles. The predicted molar refractivity (Wildman–Crippen MR) is 118 cm³/mol. The largest absolute Gasteiger partial charge is 0.396 e. The topological polar surface area (TPSA) is 55.1 Å². The number of aliphatic hydroxyl groups is 1. The lowest BCUT2D eigenvalue weighted by molar-refractivity contribution is 0.0967. The molecule has 2 aromatic carbocycles. The van der Waals surface area contributed by atoms with Crippen LogP contribution >= 0.6 is 11.8 Å². The van der Waals surface area contributed by atoms with Crippen molar-refractivity contribution >= 4 is 17.5 Å². The number of aromatic nitrogens is 2. The van der Waals surface area contributed by atoms with Gasteiger partial charge in [0.25, 0.3) is 0 Å². The molecule has 0 saturated heterocycles. The van der Waals surface area contributed by atoms with Gasteiger partial charge in [-0.3, -0.25) is 4.79 Å². The van der Waals surface area contributed by atoms with Crippen molar-refractivity contribution in [1.82, 2.24) is 9.55 Å². The van der Waals surface area contributed by atoms with E-state index in [0.29, 0.717) is 12.0 Å². The van der Waals surface area contributed by atoms with Crippen molar-refractivity contribution in [1.29, 1.82) is 0 Å². The fourth-order valence-corrected chi connectivity index (χ4v) is 4.78. The van der Waals surface area contributed by atoms with Crippen LogP contribution in [-0.4, -0.2) is 27.0 Å². The Morgan fingerprint density at radius 3 is 2.34 bits per heavy atom. The van der Waals surface area contributed by atoms with Crippen molar-refractivity contribution in [2.24, 2.45) is 0 Å². The smallest absolute Gasteiger partial charge is 0.182 e. The molecule has 1 heterocycles. The van der Waals surface area contributed by atoms with Crippen LogP contribution in [0, 0.1) is 13.8 Å². The van der Waals surface area contributed by atoms with E-state index in [2.05, 4.69) is 45.9 Å². The van der Waals surface area contributed by atoms with Gasteiger partial charge in [-0.1, -0.05) is 62.0 Å². The lowest BCUT2D eigenvalue weighted by Gasteiger charge is -2.13. The fourth-order valence-electron chi connectivity index (χ4n) is 3.40. The summed E-state index contributed by atoms with van der Waals surface area (Å²) in [6, 6.07) is 15.8. The van der Waals surface area contributed by atoms with Gasteiger partial charge in [0.15, 0.2) is 5.78 Å². The molecule has 152 valence electrons. The van der Waals surface area contributed by atoms with E-state index in [0.717, 1.165) is 21.4 Å². The minimum atomic E-state index is 0.00172. The van der Waals surface area contributed by atoms with Crippen molar-refractivity contribution in [2.75, 3.05) is 6.61 Å². The third-order valence-corrected chi connectivity index (χ3v) is 5.81. The van der Waals surface area contributed by atoms with Crippen LogP contribution in [0.4, 0.5) is 0 Å². The summed E-state index contributed by atoms with van der Waals surface area (Å²) < 4.78 is 1.99. The van der Waals surface area contributed by atoms with Crippen LogP contribution in [0.2, 0.25) is 0 Å². The van der Waals surface area contributed by atoms with Gasteiger partial charge in [-0.2, -0.15) is 0 Å². The molecule has 0 spiro atoms. The summed E-state index contributed by atoms with van der Waals surface area (Å²) in [4.78, 5) is 18.9. The molecule has 3 aromatic rings. The Hall–Kier alpha value is -2.37. The second kappa shape index (κ2) is 9.42. The lowest BCUT2D eigenvalue weighted by Crippen LogP contribution is -2.15. The summed E-state index contributed by atoms with van der Waals surface area (Å²) in [5.41, 5.74) is 4.07. The van der Waals surface area contributed by atoms with E-state index in [4.69, 9.17) is 4.98 Å². The number of carbonyl (C=O) groups excluding carboxylic acids is 1. The average Bonchev–Trinajstić information content (AvgIpc) is 2.99. The molecule has 0 aliphatic rings. The molecule has 0 fully saturated rings. The number of hydrogen-bond donors (Lipinski definition) is 1. The Balaban J connectivity index is 2.05. The van der Waals surface area contributed by atoms with Crippen LogP contribution in [0.1, 0.15) is 52.8 Å². The van der Waals surface area contributed by atoms with Crippen molar-refractivity contribution in [2.45, 2.75) is 56.5 Å². The van der Waals surface area contributed by atoms with Gasteiger partial charge in [-0.25, -0.2) is 4.98 Å². The van der Waals surface area contributed by atoms with E-state index in [1.807, 2.05) is 34.9 Å². The number of aryl methyl sites for hydroxylation is 2. The van der Waals surface area contributed by atoms with Gasteiger partial charge in [0.1, 0.15) is 10.9 Å². The number of benzene rings is 2. The lowest BCUT2D eigenvalue weighted by atomic mass is 10.1. The number of hydrogen-bond acceptors (Lipinski definition) is 4. The van der Waals surface area contributed by atoms with Crippen LogP contribution in [0.5, 0.6) is 0 Å². The van der Waals surface area contributed by atoms with Gasteiger partial charge in [-0.15, -0.1) is 0 Å². The first-order valence-corrected chi connectivity index (χ1v) is 10.7. The summed E-state index contributed by atoms with van der Waals surface area (Å²) in [6.07, 6.45) is 0.426. The van der Waals surface area contributed by atoms with Crippen LogP contribution in [0.25, 0.3) is 0 Å². The summed E-state index contributed by atoms with van der Waals surface area (Å²) in [5, 5.41) is 10.5. The molecule has 0 radical (unpaired) electrons. The summed E-state index contributed by atoms with van der Waals surface area (Å²) >= 11 is 1.65. The quantitative estimate of drug-likeness (QED) is 0.521. The van der Waals surface area contributed by atoms with E-state index in [-0.39, 0.29) is 24.9 Å². The van der Waals surface area contributed by atoms with E-state index in [1.165, 1.54) is 11.1 Å². The van der Waals surface area contributed by atoms with Gasteiger partial charge in [0.2, 0.25) is 0 Å². The maximum absolute atomic E-state index is 12.9.